The fraction of sp³-hybridized carbons (Fsp3) is 0.214. The van der Waals surface area contributed by atoms with Gasteiger partial charge in [0.1, 0.15) is 20.0 Å². The lowest BCUT2D eigenvalue weighted by Gasteiger charge is -2.13. The smallest absolute Gasteiger partial charge is 0.337 e. The summed E-state index contributed by atoms with van der Waals surface area (Å²) in [6.07, 6.45) is -0.719. The standard InChI is InChI=1S/C28H24F4N3OS2/c1-4-35-23(15-19-8-5-6-13-34(19)16-18-12-11-17(2)21(29)14-18)37-25(26(35)36)27-33(3)22-10-7-9-20(24(22)38-27)28(30,31)32/h5-15H,4,16H2,1-3H3/q+1/b27-25+. The topological polar surface area (TPSA) is 29.1 Å². The van der Waals surface area contributed by atoms with Gasteiger partial charge < -0.3 is 4.90 Å². The van der Waals surface area contributed by atoms with Crippen LogP contribution in [0.1, 0.15) is 29.3 Å². The van der Waals surface area contributed by atoms with Crippen molar-refractivity contribution in [3.8, 4) is 0 Å². The van der Waals surface area contributed by atoms with Crippen LogP contribution in [0.15, 0.2) is 70.5 Å². The van der Waals surface area contributed by atoms with Crippen molar-refractivity contribution in [1.29, 1.82) is 0 Å². The van der Waals surface area contributed by atoms with E-state index in [9.17, 15) is 22.4 Å². The van der Waals surface area contributed by atoms with Gasteiger partial charge in [-0.05, 0) is 43.7 Å². The Morgan fingerprint density at radius 3 is 2.58 bits per heavy atom. The van der Waals surface area contributed by atoms with E-state index in [-0.39, 0.29) is 16.3 Å². The minimum atomic E-state index is -4.49. The molecule has 0 bridgehead atoms. The van der Waals surface area contributed by atoms with Crippen molar-refractivity contribution in [3.63, 3.8) is 0 Å². The molecule has 0 N–H and O–H groups in total. The number of aromatic nitrogens is 2. The normalized spacial score (nSPS) is 15.3. The van der Waals surface area contributed by atoms with Gasteiger partial charge in [-0.1, -0.05) is 30.0 Å². The molecule has 0 saturated heterocycles. The number of alkyl halides is 3. The number of nitrogens with zero attached hydrogens (tertiary/aromatic N) is 3. The van der Waals surface area contributed by atoms with Crippen molar-refractivity contribution >= 4 is 39.9 Å². The molecule has 2 aromatic heterocycles. The van der Waals surface area contributed by atoms with E-state index in [0.717, 1.165) is 29.1 Å². The number of hydrogen-bond acceptors (Lipinski definition) is 4. The number of anilines is 1. The molecular formula is C28H24F4N3OS2+. The number of rotatable bonds is 4. The molecule has 0 amide bonds. The largest absolute Gasteiger partial charge is 0.417 e. The maximum absolute atomic E-state index is 14.1. The van der Waals surface area contributed by atoms with Gasteiger partial charge in [0.05, 0.1) is 11.3 Å². The van der Waals surface area contributed by atoms with Crippen LogP contribution in [0.25, 0.3) is 11.1 Å². The van der Waals surface area contributed by atoms with Crippen LogP contribution >= 0.6 is 23.1 Å². The van der Waals surface area contributed by atoms with Crippen LogP contribution in [-0.2, 0) is 19.3 Å². The third-order valence-corrected chi connectivity index (χ3v) is 8.98. The first-order valence-electron chi connectivity index (χ1n) is 11.9. The van der Waals surface area contributed by atoms with E-state index < -0.39 is 11.7 Å². The van der Waals surface area contributed by atoms with Gasteiger partial charge in [-0.3, -0.25) is 9.36 Å². The predicted molar refractivity (Wildman–Crippen MR) is 143 cm³/mol. The molecule has 4 aromatic rings. The van der Waals surface area contributed by atoms with Crippen LogP contribution < -0.4 is 24.2 Å². The molecule has 0 atom stereocenters. The molecule has 4 nitrogen and oxygen atoms in total. The molecule has 0 radical (unpaired) electrons. The summed E-state index contributed by atoms with van der Waals surface area (Å²) in [4.78, 5) is 15.2. The average Bonchev–Trinajstić information content (AvgIpc) is 3.37. The molecule has 0 fully saturated rings. The maximum atomic E-state index is 14.1. The molecule has 0 spiro atoms. The van der Waals surface area contributed by atoms with E-state index >= 15 is 0 Å². The summed E-state index contributed by atoms with van der Waals surface area (Å²) in [5.74, 6) is -0.267. The van der Waals surface area contributed by atoms with Gasteiger partial charge in [-0.15, -0.1) is 11.3 Å². The van der Waals surface area contributed by atoms with Crippen molar-refractivity contribution in [2.24, 2.45) is 0 Å². The zero-order chi connectivity index (χ0) is 27.2. The van der Waals surface area contributed by atoms with Crippen molar-refractivity contribution in [3.05, 3.63) is 109 Å². The molecule has 0 saturated carbocycles. The number of thiazole rings is 1. The maximum Gasteiger partial charge on any atom is 0.417 e. The van der Waals surface area contributed by atoms with Gasteiger partial charge in [0, 0.05) is 42.3 Å². The monoisotopic (exact) mass is 558 g/mol. The second-order valence-corrected chi connectivity index (χ2v) is 10.9. The van der Waals surface area contributed by atoms with Gasteiger partial charge in [-0.25, -0.2) is 4.39 Å². The van der Waals surface area contributed by atoms with E-state index in [0.29, 0.717) is 38.6 Å². The van der Waals surface area contributed by atoms with E-state index in [4.69, 9.17) is 0 Å². The fourth-order valence-corrected chi connectivity index (χ4v) is 6.98. The van der Waals surface area contributed by atoms with E-state index in [2.05, 4.69) is 0 Å². The predicted octanol–water partition coefficient (Wildman–Crippen LogP) is 4.87. The molecule has 2 aromatic carbocycles. The second-order valence-electron chi connectivity index (χ2n) is 8.92. The summed E-state index contributed by atoms with van der Waals surface area (Å²) in [7, 11) is 1.68. The lowest BCUT2D eigenvalue weighted by Crippen LogP contribution is -2.38. The van der Waals surface area contributed by atoms with Gasteiger partial charge >= 0.3 is 6.18 Å². The highest BCUT2D eigenvalue weighted by atomic mass is 32.2. The van der Waals surface area contributed by atoms with E-state index in [1.165, 1.54) is 23.5 Å². The number of thioether (sulfide) groups is 1. The molecule has 0 aliphatic carbocycles. The minimum absolute atomic E-state index is 0.102. The Morgan fingerprint density at radius 2 is 1.87 bits per heavy atom. The van der Waals surface area contributed by atoms with Gasteiger partial charge in [-0.2, -0.15) is 17.7 Å². The Hall–Kier alpha value is -3.37. The molecule has 196 valence electrons. The summed E-state index contributed by atoms with van der Waals surface area (Å²) < 4.78 is 59.7. The van der Waals surface area contributed by atoms with Gasteiger partial charge in [0.2, 0.25) is 5.69 Å². The average molecular weight is 559 g/mol. The van der Waals surface area contributed by atoms with Crippen LogP contribution in [0.3, 0.4) is 0 Å². The molecule has 0 unspecified atom stereocenters. The van der Waals surface area contributed by atoms with Crippen molar-refractivity contribution in [2.45, 2.75) is 38.0 Å². The third kappa shape index (κ3) is 4.78. The first-order chi connectivity index (χ1) is 18.1. The van der Waals surface area contributed by atoms with Crippen molar-refractivity contribution in [1.82, 2.24) is 4.57 Å². The van der Waals surface area contributed by atoms with Gasteiger partial charge in [0.25, 0.3) is 5.56 Å². The highest BCUT2D eigenvalue weighted by Crippen LogP contribution is 2.50. The third-order valence-electron chi connectivity index (χ3n) is 6.42. The fourth-order valence-electron chi connectivity index (χ4n) is 4.38. The highest BCUT2D eigenvalue weighted by Gasteiger charge is 2.38. The Morgan fingerprint density at radius 1 is 1.08 bits per heavy atom. The number of halogens is 4. The molecule has 5 rings (SSSR count). The molecular weight excluding hydrogens is 534 g/mol. The van der Waals surface area contributed by atoms with E-state index in [1.54, 1.807) is 35.6 Å². The Balaban J connectivity index is 1.63. The minimum Gasteiger partial charge on any atom is -0.337 e. The SMILES string of the molecule is CCn1c(=O)/c(=C2\Sc3c(cccc3C(F)(F)F)N2C)s/c1=C\c1cccc[n+]1Cc1ccc(C)c(F)c1. The number of aryl methyl sites for hydroxylation is 1. The Bertz CT molecular complexity index is 1720. The van der Waals surface area contributed by atoms with Crippen LogP contribution in [0.5, 0.6) is 0 Å². The van der Waals surface area contributed by atoms with Crippen molar-refractivity contribution in [2.75, 3.05) is 11.9 Å². The number of fused-ring (bicyclic) bond motifs is 1. The van der Waals surface area contributed by atoms with Crippen LogP contribution in [-0.4, -0.2) is 11.6 Å². The molecule has 1 aliphatic heterocycles. The summed E-state index contributed by atoms with van der Waals surface area (Å²) in [6, 6.07) is 14.9. The number of hydrogen-bond donors (Lipinski definition) is 0. The number of benzene rings is 2. The quantitative estimate of drug-likeness (QED) is 0.265. The molecule has 1 aliphatic rings. The first-order valence-corrected chi connectivity index (χ1v) is 13.5. The van der Waals surface area contributed by atoms with Crippen molar-refractivity contribution < 1.29 is 22.1 Å². The summed E-state index contributed by atoms with van der Waals surface area (Å²) in [5.41, 5.74) is 1.65. The molecule has 3 heterocycles. The van der Waals surface area contributed by atoms with Crippen LogP contribution in [0.4, 0.5) is 23.2 Å². The summed E-state index contributed by atoms with van der Waals surface area (Å²) in [5, 5.41) is 0.476. The zero-order valence-corrected chi connectivity index (χ0v) is 22.5. The zero-order valence-electron chi connectivity index (χ0n) is 20.8. The van der Waals surface area contributed by atoms with E-state index in [1.807, 2.05) is 48.0 Å². The lowest BCUT2D eigenvalue weighted by atomic mass is 10.1. The molecule has 10 heteroatoms. The summed E-state index contributed by atoms with van der Waals surface area (Å²) >= 11 is 2.23. The Labute approximate surface area is 224 Å². The molecule has 38 heavy (non-hydrogen) atoms. The number of pyridine rings is 1. The van der Waals surface area contributed by atoms with Crippen LogP contribution in [0.2, 0.25) is 0 Å². The van der Waals surface area contributed by atoms with Gasteiger partial charge in [0.15, 0.2) is 12.7 Å². The lowest BCUT2D eigenvalue weighted by molar-refractivity contribution is -0.690. The second kappa shape index (κ2) is 10.1. The Kier molecular flexibility index (Phi) is 6.96. The first kappa shape index (κ1) is 26.2. The summed E-state index contributed by atoms with van der Waals surface area (Å²) in [6.45, 7) is 4.41. The van der Waals surface area contributed by atoms with Crippen LogP contribution in [0, 0.1) is 12.7 Å². The highest BCUT2D eigenvalue weighted by molar-refractivity contribution is 8.08.